The fraction of sp³-hybridized carbons (Fsp3) is 0.667. The summed E-state index contributed by atoms with van der Waals surface area (Å²) in [6, 6.07) is 0. The molecular formula is C6H14Mg. The van der Waals surface area contributed by atoms with E-state index in [9.17, 15) is 0 Å². The third-order valence-corrected chi connectivity index (χ3v) is 0.638. The first-order valence-corrected chi connectivity index (χ1v) is 2.56. The second kappa shape index (κ2) is 9.71. The van der Waals surface area contributed by atoms with Crippen molar-refractivity contribution in [3.05, 3.63) is 12.2 Å². The van der Waals surface area contributed by atoms with Crippen LogP contribution in [0.25, 0.3) is 0 Å². The SMILES string of the molecule is CCC=CCC.[MgH2]. The van der Waals surface area contributed by atoms with Gasteiger partial charge >= 0.3 is 23.1 Å². The van der Waals surface area contributed by atoms with Gasteiger partial charge in [-0.2, -0.15) is 0 Å². The van der Waals surface area contributed by atoms with Gasteiger partial charge in [0.1, 0.15) is 0 Å². The van der Waals surface area contributed by atoms with Gasteiger partial charge in [0.2, 0.25) is 0 Å². The van der Waals surface area contributed by atoms with E-state index in [1.807, 2.05) is 0 Å². The van der Waals surface area contributed by atoms with E-state index >= 15 is 0 Å². The molecule has 0 aromatic rings. The highest BCUT2D eigenvalue weighted by Gasteiger charge is 1.60. The van der Waals surface area contributed by atoms with Crippen LogP contribution in [-0.2, 0) is 0 Å². The van der Waals surface area contributed by atoms with Crippen molar-refractivity contribution in [1.29, 1.82) is 0 Å². The molecule has 0 unspecified atom stereocenters. The van der Waals surface area contributed by atoms with Crippen LogP contribution in [0.1, 0.15) is 26.7 Å². The van der Waals surface area contributed by atoms with Crippen molar-refractivity contribution in [2.24, 2.45) is 0 Å². The largest absolute Gasteiger partial charge is 0.316 e. The van der Waals surface area contributed by atoms with E-state index in [0.29, 0.717) is 0 Å². The molecule has 0 radical (unpaired) electrons. The van der Waals surface area contributed by atoms with Gasteiger partial charge in [0, 0.05) is 0 Å². The van der Waals surface area contributed by atoms with Crippen LogP contribution in [0.5, 0.6) is 0 Å². The lowest BCUT2D eigenvalue weighted by atomic mass is 10.4. The van der Waals surface area contributed by atoms with Crippen molar-refractivity contribution in [3.63, 3.8) is 0 Å². The van der Waals surface area contributed by atoms with Crippen molar-refractivity contribution in [2.75, 3.05) is 0 Å². The lowest BCUT2D eigenvalue weighted by Crippen LogP contribution is -1.51. The Morgan fingerprint density at radius 2 is 1.29 bits per heavy atom. The summed E-state index contributed by atoms with van der Waals surface area (Å²) in [7, 11) is 0. The van der Waals surface area contributed by atoms with Gasteiger partial charge in [0.05, 0.1) is 0 Å². The summed E-state index contributed by atoms with van der Waals surface area (Å²) in [6.45, 7) is 4.29. The Morgan fingerprint density at radius 3 is 1.43 bits per heavy atom. The van der Waals surface area contributed by atoms with Crippen LogP contribution in [0, 0.1) is 0 Å². The molecule has 0 aliphatic heterocycles. The second-order valence-corrected chi connectivity index (χ2v) is 1.29. The maximum Gasteiger partial charge on any atom is 0.316 e. The van der Waals surface area contributed by atoms with Crippen LogP contribution in [0.3, 0.4) is 0 Å². The highest BCUT2D eigenvalue weighted by Crippen LogP contribution is 1.81. The van der Waals surface area contributed by atoms with Gasteiger partial charge in [0.25, 0.3) is 0 Å². The Labute approximate surface area is 62.1 Å². The minimum Gasteiger partial charge on any atom is -0.0888 e. The summed E-state index contributed by atoms with van der Waals surface area (Å²) in [5.41, 5.74) is 0. The third-order valence-electron chi connectivity index (χ3n) is 0.638. The van der Waals surface area contributed by atoms with Gasteiger partial charge in [-0.1, -0.05) is 26.0 Å². The zero-order chi connectivity index (χ0) is 4.83. The minimum absolute atomic E-state index is 0. The summed E-state index contributed by atoms with van der Waals surface area (Å²) in [5.74, 6) is 0. The highest BCUT2D eigenvalue weighted by atomic mass is 24.3. The first kappa shape index (κ1) is 10.5. The molecule has 0 N–H and O–H groups in total. The molecule has 0 aliphatic carbocycles. The van der Waals surface area contributed by atoms with Crippen LogP contribution >= 0.6 is 0 Å². The predicted molar refractivity (Wildman–Crippen MR) is 38.3 cm³/mol. The average Bonchev–Trinajstić information content (AvgIpc) is 1.61. The maximum atomic E-state index is 2.18. The minimum atomic E-state index is 0. The molecule has 0 saturated heterocycles. The number of hydrogen-bond donors (Lipinski definition) is 0. The molecule has 0 saturated carbocycles. The molecule has 0 bridgehead atoms. The van der Waals surface area contributed by atoms with Crippen molar-refractivity contribution in [1.82, 2.24) is 0 Å². The zero-order valence-electron chi connectivity index (χ0n) is 4.57. The van der Waals surface area contributed by atoms with Gasteiger partial charge in [-0.25, -0.2) is 0 Å². The molecule has 0 nitrogen and oxygen atoms in total. The Hall–Kier alpha value is 0.506. The predicted octanol–water partition coefficient (Wildman–Crippen LogP) is 1.45. The van der Waals surface area contributed by atoms with E-state index in [-0.39, 0.29) is 23.1 Å². The van der Waals surface area contributed by atoms with E-state index in [1.54, 1.807) is 0 Å². The molecule has 0 atom stereocenters. The van der Waals surface area contributed by atoms with Gasteiger partial charge in [-0.05, 0) is 12.8 Å². The lowest BCUT2D eigenvalue weighted by Gasteiger charge is -1.72. The van der Waals surface area contributed by atoms with Gasteiger partial charge in [-0.3, -0.25) is 0 Å². The zero-order valence-corrected chi connectivity index (χ0v) is 4.57. The summed E-state index contributed by atoms with van der Waals surface area (Å²) < 4.78 is 0. The molecule has 7 heavy (non-hydrogen) atoms. The number of rotatable bonds is 2. The molecule has 1 heteroatoms. The molecule has 0 spiro atoms. The molecule has 0 aliphatic rings. The summed E-state index contributed by atoms with van der Waals surface area (Å²) >= 11 is 0. The molecule has 0 amide bonds. The molecule has 0 fully saturated rings. The first-order chi connectivity index (χ1) is 2.91. The fourth-order valence-corrected chi connectivity index (χ4v) is 0.333. The standard InChI is InChI=1S/C6H12.Mg.2H/c1-3-5-6-4-2;;;/h5-6H,3-4H2,1-2H3;;;. The Balaban J connectivity index is 0. The van der Waals surface area contributed by atoms with E-state index in [1.165, 1.54) is 12.8 Å². The van der Waals surface area contributed by atoms with Gasteiger partial charge in [0.15, 0.2) is 0 Å². The van der Waals surface area contributed by atoms with Crippen LogP contribution in [0.15, 0.2) is 12.2 Å². The fourth-order valence-electron chi connectivity index (χ4n) is 0.333. The first-order valence-electron chi connectivity index (χ1n) is 2.56. The summed E-state index contributed by atoms with van der Waals surface area (Å²) in [6.07, 6.45) is 6.71. The van der Waals surface area contributed by atoms with Gasteiger partial charge in [-0.15, -0.1) is 0 Å². The molecule has 0 heterocycles. The topological polar surface area (TPSA) is 0 Å². The number of allylic oxidation sites excluding steroid dienone is 2. The summed E-state index contributed by atoms with van der Waals surface area (Å²) in [4.78, 5) is 0. The highest BCUT2D eigenvalue weighted by molar-refractivity contribution is 5.75. The smallest absolute Gasteiger partial charge is 0.0888 e. The van der Waals surface area contributed by atoms with Crippen molar-refractivity contribution in [3.8, 4) is 0 Å². The molecular weight excluding hydrogens is 96.4 g/mol. The Bertz CT molecular complexity index is 33.4. The maximum absolute atomic E-state index is 2.18. The Morgan fingerprint density at radius 1 is 1.00 bits per heavy atom. The normalized spacial score (nSPS) is 8.86. The van der Waals surface area contributed by atoms with Crippen molar-refractivity contribution in [2.45, 2.75) is 26.7 Å². The van der Waals surface area contributed by atoms with Crippen LogP contribution < -0.4 is 0 Å². The van der Waals surface area contributed by atoms with E-state index in [4.69, 9.17) is 0 Å². The van der Waals surface area contributed by atoms with Gasteiger partial charge < -0.3 is 0 Å². The lowest BCUT2D eigenvalue weighted by molar-refractivity contribution is 1.16. The second-order valence-electron chi connectivity index (χ2n) is 1.29. The van der Waals surface area contributed by atoms with E-state index in [0.717, 1.165) is 0 Å². The van der Waals surface area contributed by atoms with Crippen LogP contribution in [0.4, 0.5) is 0 Å². The van der Waals surface area contributed by atoms with Crippen LogP contribution in [0.2, 0.25) is 0 Å². The van der Waals surface area contributed by atoms with Crippen LogP contribution in [-0.4, -0.2) is 23.1 Å². The quantitative estimate of drug-likeness (QED) is 0.373. The molecule has 0 aromatic heterocycles. The van der Waals surface area contributed by atoms with Crippen molar-refractivity contribution < 1.29 is 0 Å². The Kier molecular flexibility index (Phi) is 14.5. The van der Waals surface area contributed by atoms with E-state index in [2.05, 4.69) is 26.0 Å². The van der Waals surface area contributed by atoms with E-state index < -0.39 is 0 Å². The number of hydrogen-bond acceptors (Lipinski definition) is 0. The monoisotopic (exact) mass is 110 g/mol. The molecule has 40 valence electrons. The average molecular weight is 110 g/mol. The van der Waals surface area contributed by atoms with Crippen molar-refractivity contribution >= 4 is 23.1 Å². The third kappa shape index (κ3) is 10.7. The molecule has 0 aromatic carbocycles. The summed E-state index contributed by atoms with van der Waals surface area (Å²) in [5, 5.41) is 0. The molecule has 0 rings (SSSR count).